The zero-order valence-corrected chi connectivity index (χ0v) is 22.9. The Labute approximate surface area is 223 Å². The topological polar surface area (TPSA) is 102 Å². The number of carbonyl (C=O) groups is 2. The summed E-state index contributed by atoms with van der Waals surface area (Å²) in [5, 5.41) is 1.57. The number of fused-ring (bicyclic) bond motifs is 2. The van der Waals surface area contributed by atoms with Gasteiger partial charge in [-0.15, -0.1) is 11.3 Å². The molecule has 1 fully saturated rings. The number of hydrogen-bond acceptors (Lipinski definition) is 7. The van der Waals surface area contributed by atoms with Crippen LogP contribution in [0, 0.1) is 0 Å². The normalized spacial score (nSPS) is 15.6. The number of carbonyl (C=O) groups excluding carboxylic acids is 2. The summed E-state index contributed by atoms with van der Waals surface area (Å²) in [6, 6.07) is 10.7. The van der Waals surface area contributed by atoms with Crippen molar-refractivity contribution in [2.45, 2.75) is 37.1 Å². The summed E-state index contributed by atoms with van der Waals surface area (Å²) in [4.78, 5) is 31.8. The first-order valence-corrected chi connectivity index (χ1v) is 14.2. The predicted octanol–water partition coefficient (Wildman–Crippen LogP) is 4.72. The lowest BCUT2D eigenvalue weighted by molar-refractivity contribution is -0.134. The van der Waals surface area contributed by atoms with Gasteiger partial charge in [0.15, 0.2) is 4.21 Å². The van der Waals surface area contributed by atoms with Gasteiger partial charge < -0.3 is 9.64 Å². The Morgan fingerprint density at radius 1 is 1.19 bits per heavy atom. The highest BCUT2D eigenvalue weighted by atomic mass is 35.5. The van der Waals surface area contributed by atoms with Crippen LogP contribution in [0.5, 0.6) is 0 Å². The summed E-state index contributed by atoms with van der Waals surface area (Å²) in [7, 11) is -3.96. The van der Waals surface area contributed by atoms with Crippen molar-refractivity contribution < 1.29 is 22.7 Å². The van der Waals surface area contributed by atoms with Gasteiger partial charge in [0.05, 0.1) is 23.6 Å². The lowest BCUT2D eigenvalue weighted by Gasteiger charge is -2.33. The molecule has 9 nitrogen and oxygen atoms in total. The fourth-order valence-corrected chi connectivity index (χ4v) is 7.92. The number of hydrogen-bond donors (Lipinski definition) is 0. The maximum Gasteiger partial charge on any atom is 0.419 e. The van der Waals surface area contributed by atoms with E-state index in [-0.39, 0.29) is 41.3 Å². The van der Waals surface area contributed by atoms with Gasteiger partial charge in [-0.25, -0.2) is 17.8 Å². The first kappa shape index (κ1) is 25.7. The van der Waals surface area contributed by atoms with Crippen LogP contribution in [-0.4, -0.2) is 64.4 Å². The Kier molecular flexibility index (Phi) is 6.51. The SMILES string of the molecule is CC(C)(C)OC(=O)n1c(CN2CCN(S(=O)(=O)c3sc4ccccc4c3Cl)CC2=O)cc2cnccc21. The highest BCUT2D eigenvalue weighted by Gasteiger charge is 2.36. The third kappa shape index (κ3) is 4.84. The van der Waals surface area contributed by atoms with Crippen molar-refractivity contribution in [3.05, 3.63) is 59.5 Å². The van der Waals surface area contributed by atoms with Crippen LogP contribution in [0.4, 0.5) is 4.79 Å². The van der Waals surface area contributed by atoms with Gasteiger partial charge in [-0.2, -0.15) is 4.31 Å². The van der Waals surface area contributed by atoms with Crippen molar-refractivity contribution in [1.29, 1.82) is 0 Å². The first-order chi connectivity index (χ1) is 17.5. The lowest BCUT2D eigenvalue weighted by atomic mass is 10.2. The summed E-state index contributed by atoms with van der Waals surface area (Å²) in [5.74, 6) is -0.369. The molecular formula is C25H25ClN4O5S2. The lowest BCUT2D eigenvalue weighted by Crippen LogP contribution is -2.51. The monoisotopic (exact) mass is 560 g/mol. The fourth-order valence-electron chi connectivity index (χ4n) is 4.28. The average Bonchev–Trinajstić information content (AvgIpc) is 3.37. The van der Waals surface area contributed by atoms with Gasteiger partial charge >= 0.3 is 6.09 Å². The number of ether oxygens (including phenoxy) is 1. The molecule has 1 amide bonds. The predicted molar refractivity (Wildman–Crippen MR) is 142 cm³/mol. The molecule has 37 heavy (non-hydrogen) atoms. The molecule has 4 heterocycles. The van der Waals surface area contributed by atoms with Crippen LogP contribution in [0.3, 0.4) is 0 Å². The Hall–Kier alpha value is -2.99. The van der Waals surface area contributed by atoms with Crippen LogP contribution in [-0.2, 0) is 26.1 Å². The number of amides is 1. The van der Waals surface area contributed by atoms with Crippen LogP contribution in [0.1, 0.15) is 26.5 Å². The molecule has 0 unspecified atom stereocenters. The van der Waals surface area contributed by atoms with Gasteiger partial charge in [0.1, 0.15) is 5.60 Å². The Morgan fingerprint density at radius 2 is 1.95 bits per heavy atom. The van der Waals surface area contributed by atoms with Gasteiger partial charge in [-0.1, -0.05) is 29.8 Å². The van der Waals surface area contributed by atoms with Crippen molar-refractivity contribution >= 4 is 66.0 Å². The minimum Gasteiger partial charge on any atom is -0.443 e. The molecule has 1 aromatic carbocycles. The Bertz CT molecular complexity index is 1640. The van der Waals surface area contributed by atoms with Crippen molar-refractivity contribution in [1.82, 2.24) is 18.8 Å². The van der Waals surface area contributed by atoms with Crippen LogP contribution in [0.15, 0.2) is 53.0 Å². The third-order valence-corrected chi connectivity index (χ3v) is 10.1. The summed E-state index contributed by atoms with van der Waals surface area (Å²) < 4.78 is 35.8. The number of sulfonamides is 1. The smallest absolute Gasteiger partial charge is 0.419 e. The van der Waals surface area contributed by atoms with E-state index in [2.05, 4.69) is 4.98 Å². The molecule has 0 atom stereocenters. The third-order valence-electron chi connectivity index (χ3n) is 5.97. The second-order valence-electron chi connectivity index (χ2n) is 9.74. The van der Waals surface area contributed by atoms with E-state index in [1.165, 1.54) is 4.57 Å². The van der Waals surface area contributed by atoms with E-state index < -0.39 is 21.7 Å². The second kappa shape index (κ2) is 9.39. The molecule has 3 aromatic heterocycles. The highest BCUT2D eigenvalue weighted by molar-refractivity contribution is 7.91. The molecule has 5 rings (SSSR count). The number of thiophene rings is 1. The fraction of sp³-hybridized carbons (Fsp3) is 0.320. The van der Waals surface area contributed by atoms with E-state index in [1.54, 1.807) is 62.3 Å². The number of halogens is 1. The van der Waals surface area contributed by atoms with Crippen molar-refractivity contribution in [3.63, 3.8) is 0 Å². The van der Waals surface area contributed by atoms with E-state index >= 15 is 0 Å². The molecule has 0 bridgehead atoms. The quantitative estimate of drug-likeness (QED) is 0.358. The standard InChI is InChI=1S/C25H25ClN4O5S2/c1-25(2,3)35-24(32)30-17(12-16-13-27-9-8-19(16)30)14-28-10-11-29(15-21(28)31)37(33,34)23-22(26)18-6-4-5-7-20(18)36-23/h4-9,12-13H,10-11,14-15H2,1-3H3. The molecule has 1 aliphatic heterocycles. The molecule has 194 valence electrons. The molecule has 0 spiro atoms. The number of aromatic nitrogens is 2. The molecule has 1 aliphatic rings. The van der Waals surface area contributed by atoms with Gasteiger partial charge in [0.25, 0.3) is 10.0 Å². The van der Waals surface area contributed by atoms with E-state index in [9.17, 15) is 18.0 Å². The van der Waals surface area contributed by atoms with Crippen molar-refractivity contribution in [3.8, 4) is 0 Å². The zero-order chi connectivity index (χ0) is 26.5. The summed E-state index contributed by atoms with van der Waals surface area (Å²) in [5.41, 5.74) is 0.462. The van der Waals surface area contributed by atoms with E-state index in [0.717, 1.165) is 25.7 Å². The number of benzene rings is 1. The number of piperazine rings is 1. The molecule has 12 heteroatoms. The number of nitrogens with zero attached hydrogens (tertiary/aromatic N) is 4. The minimum absolute atomic E-state index is 0.0363. The zero-order valence-electron chi connectivity index (χ0n) is 20.5. The van der Waals surface area contributed by atoms with Crippen molar-refractivity contribution in [2.75, 3.05) is 19.6 Å². The van der Waals surface area contributed by atoms with E-state index in [4.69, 9.17) is 16.3 Å². The van der Waals surface area contributed by atoms with E-state index in [0.29, 0.717) is 16.6 Å². The van der Waals surface area contributed by atoms with Crippen molar-refractivity contribution in [2.24, 2.45) is 0 Å². The molecule has 1 saturated heterocycles. The van der Waals surface area contributed by atoms with Crippen LogP contribution in [0.2, 0.25) is 5.02 Å². The molecule has 4 aromatic rings. The molecule has 0 aliphatic carbocycles. The molecule has 0 radical (unpaired) electrons. The summed E-state index contributed by atoms with van der Waals surface area (Å²) >= 11 is 7.52. The Morgan fingerprint density at radius 3 is 2.65 bits per heavy atom. The maximum atomic E-state index is 13.4. The van der Waals surface area contributed by atoms with Gasteiger partial charge in [-0.3, -0.25) is 9.78 Å². The van der Waals surface area contributed by atoms with Crippen LogP contribution >= 0.6 is 22.9 Å². The van der Waals surface area contributed by atoms with Gasteiger partial charge in [0, 0.05) is 46.6 Å². The van der Waals surface area contributed by atoms with Gasteiger partial charge in [0.2, 0.25) is 5.91 Å². The van der Waals surface area contributed by atoms with Crippen LogP contribution in [0.25, 0.3) is 21.0 Å². The van der Waals surface area contributed by atoms with Gasteiger partial charge in [-0.05, 0) is 39.0 Å². The number of pyridine rings is 1. The highest BCUT2D eigenvalue weighted by Crippen LogP contribution is 2.39. The maximum absolute atomic E-state index is 13.4. The molecule has 0 saturated carbocycles. The minimum atomic E-state index is -3.96. The molecule has 0 N–H and O–H groups in total. The Balaban J connectivity index is 1.39. The number of rotatable bonds is 4. The average molecular weight is 561 g/mol. The van der Waals surface area contributed by atoms with E-state index in [1.807, 2.05) is 12.1 Å². The summed E-state index contributed by atoms with van der Waals surface area (Å²) in [6.07, 6.45) is 2.67. The largest absolute Gasteiger partial charge is 0.443 e. The first-order valence-electron chi connectivity index (χ1n) is 11.6. The second-order valence-corrected chi connectivity index (χ2v) is 13.3. The summed E-state index contributed by atoms with van der Waals surface area (Å²) in [6.45, 7) is 5.41. The molecular weight excluding hydrogens is 536 g/mol. The van der Waals surface area contributed by atoms with Crippen LogP contribution < -0.4 is 0 Å².